The first-order valence-corrected chi connectivity index (χ1v) is 10.3. The van der Waals surface area contributed by atoms with E-state index in [1.165, 1.54) is 6.07 Å². The fourth-order valence-corrected chi connectivity index (χ4v) is 4.96. The van der Waals surface area contributed by atoms with Gasteiger partial charge in [0.25, 0.3) is 5.91 Å². The van der Waals surface area contributed by atoms with Gasteiger partial charge in [-0.05, 0) is 67.2 Å². The van der Waals surface area contributed by atoms with E-state index < -0.39 is 0 Å². The summed E-state index contributed by atoms with van der Waals surface area (Å²) < 4.78 is 19.7. The molecule has 5 heteroatoms. The maximum atomic E-state index is 13.4. The van der Waals surface area contributed by atoms with E-state index in [4.69, 9.17) is 4.74 Å². The minimum atomic E-state index is -0.162. The summed E-state index contributed by atoms with van der Waals surface area (Å²) in [6, 6.07) is 8.82. The van der Waals surface area contributed by atoms with E-state index in [1.807, 2.05) is 27.8 Å². The van der Waals surface area contributed by atoms with Gasteiger partial charge in [-0.2, -0.15) is 11.3 Å². The molecule has 0 saturated carbocycles. The van der Waals surface area contributed by atoms with Crippen molar-refractivity contribution in [3.63, 3.8) is 0 Å². The molecule has 1 spiro atoms. The van der Waals surface area contributed by atoms with Gasteiger partial charge in [-0.25, -0.2) is 4.39 Å². The number of halogens is 1. The van der Waals surface area contributed by atoms with Crippen LogP contribution in [0.3, 0.4) is 0 Å². The lowest BCUT2D eigenvalue weighted by Crippen LogP contribution is -2.51. The van der Waals surface area contributed by atoms with Crippen LogP contribution < -0.4 is 0 Å². The highest BCUT2D eigenvalue weighted by Crippen LogP contribution is 2.39. The molecule has 2 saturated heterocycles. The van der Waals surface area contributed by atoms with Gasteiger partial charge in [-0.1, -0.05) is 12.1 Å². The van der Waals surface area contributed by atoms with E-state index in [2.05, 4.69) is 0 Å². The molecule has 3 heterocycles. The van der Waals surface area contributed by atoms with Crippen LogP contribution in [0.2, 0.25) is 0 Å². The van der Waals surface area contributed by atoms with Gasteiger partial charge < -0.3 is 9.64 Å². The Morgan fingerprint density at radius 1 is 1.31 bits per heavy atom. The van der Waals surface area contributed by atoms with Gasteiger partial charge >= 0.3 is 0 Å². The maximum absolute atomic E-state index is 13.4. The SMILES string of the molecule is O=C(c1ccsc1)N1CCC2(CC1)CC(Cc1cccc(F)c1)CCO2. The van der Waals surface area contributed by atoms with Crippen molar-refractivity contribution in [2.75, 3.05) is 19.7 Å². The summed E-state index contributed by atoms with van der Waals surface area (Å²) in [4.78, 5) is 14.5. The standard InChI is InChI=1S/C21H24FNO2S/c22-19-3-1-2-16(13-19)12-17-4-10-25-21(14-17)6-8-23(9-7-21)20(24)18-5-11-26-15-18/h1-3,5,11,13,15,17H,4,6-10,12,14H2. The quantitative estimate of drug-likeness (QED) is 0.791. The molecule has 1 atom stereocenters. The second kappa shape index (κ2) is 7.49. The van der Waals surface area contributed by atoms with Gasteiger partial charge in [0.1, 0.15) is 5.82 Å². The van der Waals surface area contributed by atoms with Gasteiger partial charge in [0, 0.05) is 25.1 Å². The normalized spacial score (nSPS) is 22.5. The second-order valence-corrected chi connectivity index (χ2v) is 8.31. The molecular formula is C21H24FNO2S. The number of benzene rings is 1. The third kappa shape index (κ3) is 3.84. The van der Waals surface area contributed by atoms with Gasteiger partial charge in [-0.15, -0.1) is 0 Å². The van der Waals surface area contributed by atoms with Crippen LogP contribution in [0.25, 0.3) is 0 Å². The predicted molar refractivity (Wildman–Crippen MR) is 101 cm³/mol. The first-order valence-electron chi connectivity index (χ1n) is 9.33. The van der Waals surface area contributed by atoms with E-state index in [0.717, 1.165) is 62.9 Å². The summed E-state index contributed by atoms with van der Waals surface area (Å²) in [5.41, 5.74) is 1.75. The van der Waals surface area contributed by atoms with Crippen molar-refractivity contribution in [2.24, 2.45) is 5.92 Å². The third-order valence-electron chi connectivity index (χ3n) is 5.74. The molecule has 0 radical (unpaired) electrons. The smallest absolute Gasteiger partial charge is 0.254 e. The van der Waals surface area contributed by atoms with Crippen molar-refractivity contribution in [2.45, 2.75) is 37.7 Å². The number of nitrogens with zero attached hydrogens (tertiary/aromatic N) is 1. The van der Waals surface area contributed by atoms with Crippen molar-refractivity contribution >= 4 is 17.2 Å². The Morgan fingerprint density at radius 3 is 2.88 bits per heavy atom. The fraction of sp³-hybridized carbons (Fsp3) is 0.476. The number of piperidine rings is 1. The average molecular weight is 373 g/mol. The lowest BCUT2D eigenvalue weighted by Gasteiger charge is -2.46. The molecule has 1 amide bonds. The van der Waals surface area contributed by atoms with Crippen molar-refractivity contribution in [3.05, 3.63) is 58.0 Å². The monoisotopic (exact) mass is 373 g/mol. The molecule has 138 valence electrons. The highest BCUT2D eigenvalue weighted by atomic mass is 32.1. The first-order chi connectivity index (χ1) is 12.6. The molecule has 1 aromatic heterocycles. The van der Waals surface area contributed by atoms with Crippen molar-refractivity contribution in [3.8, 4) is 0 Å². The molecule has 2 aromatic rings. The number of amides is 1. The predicted octanol–water partition coefficient (Wildman–Crippen LogP) is 4.53. The summed E-state index contributed by atoms with van der Waals surface area (Å²) in [5, 5.41) is 3.86. The summed E-state index contributed by atoms with van der Waals surface area (Å²) in [6.07, 6.45) is 4.71. The van der Waals surface area contributed by atoms with E-state index in [9.17, 15) is 9.18 Å². The second-order valence-electron chi connectivity index (χ2n) is 7.53. The minimum Gasteiger partial charge on any atom is -0.375 e. The molecule has 0 N–H and O–H groups in total. The molecule has 2 aliphatic rings. The van der Waals surface area contributed by atoms with Gasteiger partial charge in [0.05, 0.1) is 11.2 Å². The summed E-state index contributed by atoms with van der Waals surface area (Å²) in [6.45, 7) is 2.27. The van der Waals surface area contributed by atoms with E-state index in [1.54, 1.807) is 23.5 Å². The lowest BCUT2D eigenvalue weighted by molar-refractivity contribution is -0.123. The van der Waals surface area contributed by atoms with Gasteiger partial charge in [-0.3, -0.25) is 4.79 Å². The molecule has 3 nitrogen and oxygen atoms in total. The number of carbonyl (C=O) groups excluding carboxylic acids is 1. The Balaban J connectivity index is 1.36. The number of hydrogen-bond acceptors (Lipinski definition) is 3. The van der Waals surface area contributed by atoms with Gasteiger partial charge in [0.15, 0.2) is 0 Å². The highest BCUT2D eigenvalue weighted by Gasteiger charge is 2.41. The van der Waals surface area contributed by atoms with Crippen LogP contribution in [-0.4, -0.2) is 36.1 Å². The molecule has 1 unspecified atom stereocenters. The average Bonchev–Trinajstić information content (AvgIpc) is 3.17. The van der Waals surface area contributed by atoms with Crippen LogP contribution in [0.15, 0.2) is 41.1 Å². The molecule has 2 aliphatic heterocycles. The van der Waals surface area contributed by atoms with Crippen LogP contribution in [0.1, 0.15) is 41.6 Å². The van der Waals surface area contributed by atoms with Crippen LogP contribution >= 0.6 is 11.3 Å². The lowest BCUT2D eigenvalue weighted by atomic mass is 9.77. The van der Waals surface area contributed by atoms with E-state index in [0.29, 0.717) is 5.92 Å². The topological polar surface area (TPSA) is 29.5 Å². The number of thiophene rings is 1. The zero-order valence-corrected chi connectivity index (χ0v) is 15.6. The fourth-order valence-electron chi connectivity index (χ4n) is 4.34. The maximum Gasteiger partial charge on any atom is 0.254 e. The number of ether oxygens (including phenoxy) is 1. The Morgan fingerprint density at radius 2 is 2.15 bits per heavy atom. The number of carbonyl (C=O) groups is 1. The number of likely N-dealkylation sites (tertiary alicyclic amines) is 1. The molecule has 0 bridgehead atoms. The zero-order chi connectivity index (χ0) is 18.0. The molecule has 0 aliphatic carbocycles. The zero-order valence-electron chi connectivity index (χ0n) is 14.8. The summed E-state index contributed by atoms with van der Waals surface area (Å²) >= 11 is 1.56. The Kier molecular flexibility index (Phi) is 5.09. The largest absolute Gasteiger partial charge is 0.375 e. The van der Waals surface area contributed by atoms with E-state index in [-0.39, 0.29) is 17.3 Å². The summed E-state index contributed by atoms with van der Waals surface area (Å²) in [5.74, 6) is 0.488. The van der Waals surface area contributed by atoms with Crippen LogP contribution in [-0.2, 0) is 11.2 Å². The molecule has 4 rings (SSSR count). The third-order valence-corrected chi connectivity index (χ3v) is 6.42. The highest BCUT2D eigenvalue weighted by molar-refractivity contribution is 7.08. The number of hydrogen-bond donors (Lipinski definition) is 0. The van der Waals surface area contributed by atoms with Crippen molar-refractivity contribution in [1.82, 2.24) is 4.90 Å². The van der Waals surface area contributed by atoms with Crippen LogP contribution in [0, 0.1) is 11.7 Å². The van der Waals surface area contributed by atoms with Crippen LogP contribution in [0.4, 0.5) is 4.39 Å². The minimum absolute atomic E-state index is 0.109. The Hall–Kier alpha value is -1.72. The van der Waals surface area contributed by atoms with E-state index >= 15 is 0 Å². The Bertz CT molecular complexity index is 753. The van der Waals surface area contributed by atoms with Crippen molar-refractivity contribution in [1.29, 1.82) is 0 Å². The van der Waals surface area contributed by atoms with Crippen LogP contribution in [0.5, 0.6) is 0 Å². The Labute approximate surface area is 157 Å². The summed E-state index contributed by atoms with van der Waals surface area (Å²) in [7, 11) is 0. The molecule has 26 heavy (non-hydrogen) atoms. The first kappa shape index (κ1) is 17.7. The van der Waals surface area contributed by atoms with Crippen molar-refractivity contribution < 1.29 is 13.9 Å². The van der Waals surface area contributed by atoms with Gasteiger partial charge in [0.2, 0.25) is 0 Å². The molecule has 1 aromatic carbocycles. The molecule has 2 fully saturated rings. The molecular weight excluding hydrogens is 349 g/mol. The number of rotatable bonds is 3.